The van der Waals surface area contributed by atoms with Gasteiger partial charge in [0.15, 0.2) is 0 Å². The molecule has 3 aromatic rings. The monoisotopic (exact) mass is 357 g/mol. The van der Waals surface area contributed by atoms with Crippen molar-refractivity contribution in [1.29, 1.82) is 0 Å². The minimum absolute atomic E-state index is 0.0360. The first-order chi connectivity index (χ1) is 11.9. The van der Waals surface area contributed by atoms with E-state index < -0.39 is 10.9 Å². The third-order valence-corrected chi connectivity index (χ3v) is 3.97. The summed E-state index contributed by atoms with van der Waals surface area (Å²) in [5.74, 6) is -1.13. The highest BCUT2D eigenvalue weighted by molar-refractivity contribution is 6.30. The van der Waals surface area contributed by atoms with Gasteiger partial charge in [0.05, 0.1) is 16.3 Å². The number of carboxylic acids is 1. The summed E-state index contributed by atoms with van der Waals surface area (Å²) in [7, 11) is 0. The Morgan fingerprint density at radius 2 is 1.92 bits per heavy atom. The van der Waals surface area contributed by atoms with Gasteiger partial charge in [-0.3, -0.25) is 10.1 Å². The van der Waals surface area contributed by atoms with Crippen molar-refractivity contribution in [1.82, 2.24) is 9.78 Å². The minimum atomic E-state index is -1.13. The molecule has 0 aliphatic heterocycles. The van der Waals surface area contributed by atoms with Crippen LogP contribution in [0.2, 0.25) is 5.02 Å². The molecule has 0 unspecified atom stereocenters. The van der Waals surface area contributed by atoms with Gasteiger partial charge in [-0.25, -0.2) is 9.48 Å². The number of nitro groups is 1. The van der Waals surface area contributed by atoms with Gasteiger partial charge in [0.25, 0.3) is 5.69 Å². The van der Waals surface area contributed by atoms with Crippen molar-refractivity contribution >= 4 is 23.3 Å². The van der Waals surface area contributed by atoms with Gasteiger partial charge in [0.1, 0.15) is 11.3 Å². The molecule has 0 bridgehead atoms. The first-order valence-electron chi connectivity index (χ1n) is 7.22. The molecule has 3 rings (SSSR count). The van der Waals surface area contributed by atoms with Crippen LogP contribution in [-0.2, 0) is 0 Å². The van der Waals surface area contributed by atoms with Gasteiger partial charge >= 0.3 is 5.97 Å². The molecule has 0 saturated heterocycles. The minimum Gasteiger partial charge on any atom is -0.478 e. The normalized spacial score (nSPS) is 10.6. The lowest BCUT2D eigenvalue weighted by Crippen LogP contribution is -2.02. The van der Waals surface area contributed by atoms with E-state index in [1.165, 1.54) is 28.9 Å². The van der Waals surface area contributed by atoms with Crippen LogP contribution in [-0.4, -0.2) is 25.8 Å². The van der Waals surface area contributed by atoms with E-state index >= 15 is 0 Å². The topological polar surface area (TPSA) is 98.3 Å². The summed E-state index contributed by atoms with van der Waals surface area (Å²) in [5, 5.41) is 25.3. The zero-order valence-electron chi connectivity index (χ0n) is 13.0. The summed E-state index contributed by atoms with van der Waals surface area (Å²) < 4.78 is 1.49. The molecule has 1 N–H and O–H groups in total. The van der Waals surface area contributed by atoms with Gasteiger partial charge in [0.2, 0.25) is 0 Å². The van der Waals surface area contributed by atoms with Crippen LogP contribution in [0.1, 0.15) is 16.1 Å². The number of halogens is 1. The predicted molar refractivity (Wildman–Crippen MR) is 92.4 cm³/mol. The van der Waals surface area contributed by atoms with Crippen molar-refractivity contribution in [3.05, 3.63) is 74.9 Å². The number of carbonyl (C=O) groups is 1. The van der Waals surface area contributed by atoms with Crippen LogP contribution < -0.4 is 0 Å². The van der Waals surface area contributed by atoms with Gasteiger partial charge in [0, 0.05) is 22.7 Å². The number of benzene rings is 2. The SMILES string of the molecule is Cc1c(C(=O)O)c(-c2ccc([N+](=O)[O-])cc2)nn1-c1cccc(Cl)c1. The molecular weight excluding hydrogens is 346 g/mol. The van der Waals surface area contributed by atoms with E-state index in [9.17, 15) is 20.0 Å². The Labute approximate surface area is 147 Å². The quantitative estimate of drug-likeness (QED) is 0.559. The lowest BCUT2D eigenvalue weighted by Gasteiger charge is -2.04. The lowest BCUT2D eigenvalue weighted by molar-refractivity contribution is -0.384. The Morgan fingerprint density at radius 1 is 1.24 bits per heavy atom. The molecule has 0 spiro atoms. The van der Waals surface area contributed by atoms with Gasteiger partial charge in [-0.1, -0.05) is 17.7 Å². The van der Waals surface area contributed by atoms with Crippen molar-refractivity contribution in [2.45, 2.75) is 6.92 Å². The molecule has 7 nitrogen and oxygen atoms in total. The number of non-ortho nitro benzene ring substituents is 1. The van der Waals surface area contributed by atoms with Crippen molar-refractivity contribution in [2.75, 3.05) is 0 Å². The maximum absolute atomic E-state index is 11.7. The average Bonchev–Trinajstić information content (AvgIpc) is 2.92. The maximum atomic E-state index is 11.7. The highest BCUT2D eigenvalue weighted by atomic mass is 35.5. The van der Waals surface area contributed by atoms with Crippen LogP contribution in [0.25, 0.3) is 16.9 Å². The zero-order chi connectivity index (χ0) is 18.1. The number of rotatable bonds is 4. The third-order valence-electron chi connectivity index (χ3n) is 3.73. The van der Waals surface area contributed by atoms with E-state index in [1.54, 1.807) is 31.2 Å². The van der Waals surface area contributed by atoms with Crippen molar-refractivity contribution < 1.29 is 14.8 Å². The molecule has 0 atom stereocenters. The van der Waals surface area contributed by atoms with E-state index in [2.05, 4.69) is 5.10 Å². The van der Waals surface area contributed by atoms with Crippen molar-refractivity contribution in [2.24, 2.45) is 0 Å². The molecule has 0 amide bonds. The van der Waals surface area contributed by atoms with Crippen molar-refractivity contribution in [3.63, 3.8) is 0 Å². The van der Waals surface area contributed by atoms with Crippen LogP contribution in [0.5, 0.6) is 0 Å². The largest absolute Gasteiger partial charge is 0.478 e. The number of carboxylic acid groups (broad SMARTS) is 1. The molecule has 25 heavy (non-hydrogen) atoms. The van der Waals surface area contributed by atoms with Gasteiger partial charge in [-0.05, 0) is 37.3 Å². The molecular formula is C17H12ClN3O4. The number of aromatic carboxylic acids is 1. The lowest BCUT2D eigenvalue weighted by atomic mass is 10.1. The summed E-state index contributed by atoms with van der Waals surface area (Å²) in [6.07, 6.45) is 0. The van der Waals surface area contributed by atoms with E-state index in [1.807, 2.05) is 0 Å². The molecule has 0 fully saturated rings. The Hall–Kier alpha value is -3.19. The summed E-state index contributed by atoms with van der Waals surface area (Å²) >= 11 is 6.00. The summed E-state index contributed by atoms with van der Waals surface area (Å²) in [6, 6.07) is 12.5. The molecule has 1 aromatic heterocycles. The average molecular weight is 358 g/mol. The first kappa shape index (κ1) is 16.7. The van der Waals surface area contributed by atoms with E-state index in [4.69, 9.17) is 11.6 Å². The van der Waals surface area contributed by atoms with Crippen LogP contribution in [0.15, 0.2) is 48.5 Å². The van der Waals surface area contributed by atoms with Gasteiger partial charge in [-0.2, -0.15) is 5.10 Å². The number of nitro benzene ring substituents is 1. The molecule has 0 saturated carbocycles. The standard InChI is InChI=1S/C17H12ClN3O4/c1-10-15(17(22)23)16(11-5-7-13(8-6-11)21(24)25)19-20(10)14-4-2-3-12(18)9-14/h2-9H,1H3,(H,22,23). The second kappa shape index (κ2) is 6.37. The van der Waals surface area contributed by atoms with E-state index in [0.717, 1.165) is 0 Å². The Kier molecular flexibility index (Phi) is 4.24. The molecule has 126 valence electrons. The molecule has 8 heteroatoms. The molecule has 0 aliphatic carbocycles. The van der Waals surface area contributed by atoms with Crippen molar-refractivity contribution in [3.8, 4) is 16.9 Å². The second-order valence-corrected chi connectivity index (χ2v) is 5.75. The first-order valence-corrected chi connectivity index (χ1v) is 7.60. The zero-order valence-corrected chi connectivity index (χ0v) is 13.8. The maximum Gasteiger partial charge on any atom is 0.339 e. The third kappa shape index (κ3) is 3.09. The summed E-state index contributed by atoms with van der Waals surface area (Å²) in [5.41, 5.74) is 1.73. The molecule has 0 radical (unpaired) electrons. The Bertz CT molecular complexity index is 980. The number of hydrogen-bond acceptors (Lipinski definition) is 4. The van der Waals surface area contributed by atoms with Crippen LogP contribution in [0.4, 0.5) is 5.69 Å². The predicted octanol–water partition coefficient (Wildman–Crippen LogP) is 4.11. The molecule has 2 aromatic carbocycles. The molecule has 0 aliphatic rings. The Balaban J connectivity index is 2.18. The number of nitrogens with zero attached hydrogens (tertiary/aromatic N) is 3. The highest BCUT2D eigenvalue weighted by Gasteiger charge is 2.23. The fraction of sp³-hybridized carbons (Fsp3) is 0.0588. The second-order valence-electron chi connectivity index (χ2n) is 5.31. The fourth-order valence-corrected chi connectivity index (χ4v) is 2.75. The van der Waals surface area contributed by atoms with Gasteiger partial charge in [-0.15, -0.1) is 0 Å². The Morgan fingerprint density at radius 3 is 2.48 bits per heavy atom. The van der Waals surface area contributed by atoms with Crippen LogP contribution in [0.3, 0.4) is 0 Å². The van der Waals surface area contributed by atoms with E-state index in [-0.39, 0.29) is 16.9 Å². The van der Waals surface area contributed by atoms with Crippen LogP contribution in [0, 0.1) is 17.0 Å². The molecule has 1 heterocycles. The number of aromatic nitrogens is 2. The fourth-order valence-electron chi connectivity index (χ4n) is 2.56. The summed E-state index contributed by atoms with van der Waals surface area (Å²) in [4.78, 5) is 22.0. The van der Waals surface area contributed by atoms with Gasteiger partial charge < -0.3 is 5.11 Å². The van der Waals surface area contributed by atoms with Crippen LogP contribution >= 0.6 is 11.6 Å². The smallest absolute Gasteiger partial charge is 0.339 e. The highest BCUT2D eigenvalue weighted by Crippen LogP contribution is 2.29. The summed E-state index contributed by atoms with van der Waals surface area (Å²) in [6.45, 7) is 1.65. The van der Waals surface area contributed by atoms with E-state index in [0.29, 0.717) is 22.0 Å². The number of hydrogen-bond donors (Lipinski definition) is 1.